The molecule has 0 saturated carbocycles. The molecule has 1 aromatic rings. The Morgan fingerprint density at radius 2 is 1.79 bits per heavy atom. The van der Waals surface area contributed by atoms with Gasteiger partial charge >= 0.3 is 12.4 Å². The fraction of sp³-hybridized carbons (Fsp3) is 0.579. The van der Waals surface area contributed by atoms with Crippen molar-refractivity contribution in [1.29, 1.82) is 0 Å². The van der Waals surface area contributed by atoms with Gasteiger partial charge in [0.2, 0.25) is 0 Å². The Hall–Kier alpha value is -1.42. The molecule has 10 heteroatoms. The van der Waals surface area contributed by atoms with Crippen molar-refractivity contribution in [2.24, 2.45) is 0 Å². The summed E-state index contributed by atoms with van der Waals surface area (Å²) in [4.78, 5) is 25.9. The molecular formula is C19H24BrF3N2O3S. The lowest BCUT2D eigenvalue weighted by Gasteiger charge is -2.39. The maximum absolute atomic E-state index is 13.6. The molecular weight excluding hydrogens is 473 g/mol. The SMILES string of the molecule is CC(C)(C)OC(=O)N1CCC(N(C(=O)SCc2ccccc2Br)C(F)(F)F)CC1. The Balaban J connectivity index is 2.00. The predicted octanol–water partition coefficient (Wildman–Crippen LogP) is 6.02. The maximum atomic E-state index is 13.6. The second-order valence-electron chi connectivity index (χ2n) is 7.68. The minimum atomic E-state index is -4.78. The van der Waals surface area contributed by atoms with Crippen LogP contribution in [0.1, 0.15) is 39.2 Å². The maximum Gasteiger partial charge on any atom is 0.488 e. The van der Waals surface area contributed by atoms with Crippen molar-refractivity contribution < 1.29 is 27.5 Å². The van der Waals surface area contributed by atoms with Crippen LogP contribution in [0, 0.1) is 0 Å². The van der Waals surface area contributed by atoms with Gasteiger partial charge in [-0.1, -0.05) is 45.9 Å². The average Bonchev–Trinajstić information content (AvgIpc) is 2.59. The first-order valence-electron chi connectivity index (χ1n) is 9.12. The highest BCUT2D eigenvalue weighted by molar-refractivity contribution is 9.10. The van der Waals surface area contributed by atoms with Crippen LogP contribution in [0.5, 0.6) is 0 Å². The van der Waals surface area contributed by atoms with E-state index in [1.54, 1.807) is 45.0 Å². The van der Waals surface area contributed by atoms with E-state index in [2.05, 4.69) is 15.9 Å². The first-order chi connectivity index (χ1) is 13.4. The van der Waals surface area contributed by atoms with E-state index in [1.807, 2.05) is 0 Å². The lowest BCUT2D eigenvalue weighted by Crippen LogP contribution is -2.53. The molecule has 0 bridgehead atoms. The number of hydrogen-bond donors (Lipinski definition) is 0. The average molecular weight is 497 g/mol. The third-order valence-electron chi connectivity index (χ3n) is 4.26. The first-order valence-corrected chi connectivity index (χ1v) is 10.9. The van der Waals surface area contributed by atoms with E-state index in [-0.39, 0.29) is 36.6 Å². The number of rotatable bonds is 3. The molecule has 1 saturated heterocycles. The Kier molecular flexibility index (Phi) is 7.89. The number of piperidine rings is 1. The van der Waals surface area contributed by atoms with Gasteiger partial charge in [0.25, 0.3) is 5.24 Å². The van der Waals surface area contributed by atoms with Gasteiger partial charge in [-0.15, -0.1) is 13.2 Å². The van der Waals surface area contributed by atoms with Crippen LogP contribution in [0.25, 0.3) is 0 Å². The summed E-state index contributed by atoms with van der Waals surface area (Å²) >= 11 is 3.95. The number of halogens is 4. The molecule has 1 heterocycles. The molecule has 1 aliphatic heterocycles. The smallest absolute Gasteiger partial charge is 0.444 e. The van der Waals surface area contributed by atoms with Crippen molar-refractivity contribution in [1.82, 2.24) is 9.80 Å². The number of likely N-dealkylation sites (tertiary alicyclic amines) is 1. The minimum Gasteiger partial charge on any atom is -0.444 e. The van der Waals surface area contributed by atoms with Crippen molar-refractivity contribution in [3.63, 3.8) is 0 Å². The molecule has 162 valence electrons. The monoisotopic (exact) mass is 496 g/mol. The minimum absolute atomic E-state index is 0.000935. The molecule has 0 aliphatic carbocycles. The zero-order valence-corrected chi connectivity index (χ0v) is 18.9. The second-order valence-corrected chi connectivity index (χ2v) is 9.46. The fourth-order valence-corrected chi connectivity index (χ4v) is 4.45. The largest absolute Gasteiger partial charge is 0.488 e. The normalized spacial score (nSPS) is 15.9. The van der Waals surface area contributed by atoms with Crippen LogP contribution < -0.4 is 0 Å². The number of ether oxygens (including phenoxy) is 1. The predicted molar refractivity (Wildman–Crippen MR) is 110 cm³/mol. The summed E-state index contributed by atoms with van der Waals surface area (Å²) in [6.07, 6.45) is -5.25. The first kappa shape index (κ1) is 23.9. The van der Waals surface area contributed by atoms with Crippen molar-refractivity contribution in [2.45, 2.75) is 57.3 Å². The molecule has 0 atom stereocenters. The molecule has 0 radical (unpaired) electrons. The van der Waals surface area contributed by atoms with E-state index in [0.717, 1.165) is 10.0 Å². The van der Waals surface area contributed by atoms with Gasteiger partial charge in [0, 0.05) is 29.4 Å². The third-order valence-corrected chi connectivity index (χ3v) is 5.93. The number of benzene rings is 1. The van der Waals surface area contributed by atoms with E-state index in [1.165, 1.54) is 4.90 Å². The van der Waals surface area contributed by atoms with Gasteiger partial charge in [0.1, 0.15) is 5.60 Å². The van der Waals surface area contributed by atoms with Crippen LogP contribution >= 0.6 is 27.7 Å². The van der Waals surface area contributed by atoms with Crippen LogP contribution in [0.4, 0.5) is 22.8 Å². The Labute approximate surface area is 181 Å². The Bertz CT molecular complexity index is 732. The molecule has 2 amide bonds. The summed E-state index contributed by atoms with van der Waals surface area (Å²) in [7, 11) is 0. The van der Waals surface area contributed by atoms with Crippen molar-refractivity contribution in [2.75, 3.05) is 13.1 Å². The second kappa shape index (κ2) is 9.59. The van der Waals surface area contributed by atoms with Crippen LogP contribution in [0.3, 0.4) is 0 Å². The topological polar surface area (TPSA) is 49.9 Å². The zero-order valence-electron chi connectivity index (χ0n) is 16.5. The molecule has 0 spiro atoms. The third kappa shape index (κ3) is 7.09. The van der Waals surface area contributed by atoms with Gasteiger partial charge in [-0.05, 0) is 45.2 Å². The number of nitrogens with zero attached hydrogens (tertiary/aromatic N) is 2. The van der Waals surface area contributed by atoms with Gasteiger partial charge in [-0.3, -0.25) is 4.79 Å². The quantitative estimate of drug-likeness (QED) is 0.479. The van der Waals surface area contributed by atoms with Gasteiger partial charge in [0.05, 0.1) is 0 Å². The highest BCUT2D eigenvalue weighted by atomic mass is 79.9. The van der Waals surface area contributed by atoms with Gasteiger partial charge in [-0.25, -0.2) is 9.69 Å². The Morgan fingerprint density at radius 1 is 1.21 bits per heavy atom. The van der Waals surface area contributed by atoms with Gasteiger partial charge in [-0.2, -0.15) is 0 Å². The summed E-state index contributed by atoms with van der Waals surface area (Å²) in [5.74, 6) is 0.129. The van der Waals surface area contributed by atoms with E-state index in [0.29, 0.717) is 11.8 Å². The van der Waals surface area contributed by atoms with Crippen LogP contribution in [0.15, 0.2) is 28.7 Å². The van der Waals surface area contributed by atoms with Crippen LogP contribution in [0.2, 0.25) is 0 Å². The van der Waals surface area contributed by atoms with Gasteiger partial charge < -0.3 is 9.64 Å². The standard InChI is InChI=1S/C19H24BrF3N2O3S/c1-18(2,3)28-16(26)24-10-8-14(9-11-24)25(19(21,22)23)17(27)29-12-13-6-4-5-7-15(13)20/h4-7,14H,8-12H2,1-3H3. The Morgan fingerprint density at radius 3 is 2.31 bits per heavy atom. The number of thioether (sulfide) groups is 1. The molecule has 29 heavy (non-hydrogen) atoms. The van der Waals surface area contributed by atoms with E-state index in [9.17, 15) is 22.8 Å². The summed E-state index contributed by atoms with van der Waals surface area (Å²) < 4.78 is 46.8. The lowest BCUT2D eigenvalue weighted by molar-refractivity contribution is -0.234. The van der Waals surface area contributed by atoms with Crippen LogP contribution in [-0.4, -0.2) is 52.2 Å². The fourth-order valence-electron chi connectivity index (χ4n) is 2.92. The molecule has 0 N–H and O–H groups in total. The summed E-state index contributed by atoms with van der Waals surface area (Å²) in [6, 6.07) is 6.07. The van der Waals surface area contributed by atoms with Crippen molar-refractivity contribution in [3.8, 4) is 0 Å². The lowest BCUT2D eigenvalue weighted by atomic mass is 10.0. The summed E-state index contributed by atoms with van der Waals surface area (Å²) in [5, 5.41) is -1.04. The van der Waals surface area contributed by atoms with Crippen molar-refractivity contribution in [3.05, 3.63) is 34.3 Å². The van der Waals surface area contributed by atoms with E-state index in [4.69, 9.17) is 4.74 Å². The highest BCUT2D eigenvalue weighted by Crippen LogP contribution is 2.34. The van der Waals surface area contributed by atoms with E-state index < -0.39 is 29.3 Å². The number of hydrogen-bond acceptors (Lipinski definition) is 4. The molecule has 5 nitrogen and oxygen atoms in total. The molecule has 1 aliphatic rings. The number of amides is 2. The molecule has 1 fully saturated rings. The van der Waals surface area contributed by atoms with E-state index >= 15 is 0 Å². The summed E-state index contributed by atoms with van der Waals surface area (Å²) in [5.41, 5.74) is 0.0669. The zero-order chi connectivity index (χ0) is 21.8. The summed E-state index contributed by atoms with van der Waals surface area (Å²) in [6.45, 7) is 5.39. The van der Waals surface area contributed by atoms with Crippen molar-refractivity contribution >= 4 is 39.0 Å². The molecule has 0 aromatic heterocycles. The number of carbonyl (C=O) groups excluding carboxylic acids is 2. The van der Waals surface area contributed by atoms with Crippen LogP contribution in [-0.2, 0) is 10.5 Å². The molecule has 1 aromatic carbocycles. The number of alkyl halides is 3. The molecule has 0 unspecified atom stereocenters. The van der Waals surface area contributed by atoms with Gasteiger partial charge in [0.15, 0.2) is 0 Å². The number of carbonyl (C=O) groups is 2. The highest BCUT2D eigenvalue weighted by Gasteiger charge is 2.46. The molecule has 2 rings (SSSR count).